The number of carbonyl (C=O) groups excluding carboxylic acids is 1. The standard InChI is InChI=1S/C19H24N4O3S/c1-10(2)14(22-18(25)26-19(3,4)5)16-21-12-8-13(11-6-7-20-9-11)27-15(12)17(24)23-16/h6-10,14,20H,1-5H3,(H,22,25)(H,21,23,24)/t14-/m0/s1. The van der Waals surface area contributed by atoms with Crippen LogP contribution in [0.4, 0.5) is 4.79 Å². The zero-order valence-corrected chi connectivity index (χ0v) is 16.9. The van der Waals surface area contributed by atoms with Crippen LogP contribution in [-0.2, 0) is 4.74 Å². The number of H-pyrrole nitrogens is 2. The summed E-state index contributed by atoms with van der Waals surface area (Å²) in [6.07, 6.45) is 3.17. The van der Waals surface area contributed by atoms with E-state index in [9.17, 15) is 9.59 Å². The molecule has 144 valence electrons. The lowest BCUT2D eigenvalue weighted by atomic mass is 10.0. The summed E-state index contributed by atoms with van der Waals surface area (Å²) in [5, 5.41) is 2.82. The second-order valence-electron chi connectivity index (χ2n) is 7.74. The van der Waals surface area contributed by atoms with Crippen molar-refractivity contribution in [2.75, 3.05) is 0 Å². The molecule has 3 aromatic heterocycles. The van der Waals surface area contributed by atoms with Crippen LogP contribution in [0.3, 0.4) is 0 Å². The highest BCUT2D eigenvalue weighted by Gasteiger charge is 2.25. The van der Waals surface area contributed by atoms with Crippen molar-refractivity contribution in [2.45, 2.75) is 46.3 Å². The Labute approximate surface area is 161 Å². The smallest absolute Gasteiger partial charge is 0.408 e. The highest BCUT2D eigenvalue weighted by Crippen LogP contribution is 2.31. The molecular weight excluding hydrogens is 364 g/mol. The summed E-state index contributed by atoms with van der Waals surface area (Å²) < 4.78 is 5.90. The van der Waals surface area contributed by atoms with Gasteiger partial charge in [0.1, 0.15) is 16.1 Å². The maximum Gasteiger partial charge on any atom is 0.408 e. The van der Waals surface area contributed by atoms with Gasteiger partial charge in [0.15, 0.2) is 0 Å². The van der Waals surface area contributed by atoms with Crippen molar-refractivity contribution >= 4 is 27.6 Å². The van der Waals surface area contributed by atoms with Crippen molar-refractivity contribution in [1.29, 1.82) is 0 Å². The Kier molecular flexibility index (Phi) is 5.10. The number of hydrogen-bond donors (Lipinski definition) is 3. The fraction of sp³-hybridized carbons (Fsp3) is 0.421. The van der Waals surface area contributed by atoms with E-state index in [1.54, 1.807) is 20.8 Å². The van der Waals surface area contributed by atoms with Crippen LogP contribution in [0.1, 0.15) is 46.5 Å². The first-order valence-electron chi connectivity index (χ1n) is 8.80. The predicted molar refractivity (Wildman–Crippen MR) is 107 cm³/mol. The first-order chi connectivity index (χ1) is 12.6. The van der Waals surface area contributed by atoms with Crippen LogP contribution in [0.2, 0.25) is 0 Å². The Balaban J connectivity index is 1.95. The molecule has 0 saturated carbocycles. The number of carbonyl (C=O) groups is 1. The van der Waals surface area contributed by atoms with Crippen molar-refractivity contribution in [3.8, 4) is 10.4 Å². The van der Waals surface area contributed by atoms with Crippen LogP contribution in [-0.4, -0.2) is 26.6 Å². The molecule has 0 spiro atoms. The lowest BCUT2D eigenvalue weighted by Crippen LogP contribution is -2.38. The summed E-state index contributed by atoms with van der Waals surface area (Å²) in [4.78, 5) is 36.2. The molecule has 1 atom stereocenters. The number of aromatic nitrogens is 3. The molecule has 3 rings (SSSR count). The van der Waals surface area contributed by atoms with E-state index in [-0.39, 0.29) is 11.5 Å². The van der Waals surface area contributed by atoms with E-state index < -0.39 is 17.7 Å². The molecule has 0 radical (unpaired) electrons. The molecule has 27 heavy (non-hydrogen) atoms. The molecule has 1 amide bonds. The van der Waals surface area contributed by atoms with Crippen LogP contribution in [0.5, 0.6) is 0 Å². The number of amides is 1. The molecule has 0 aliphatic carbocycles. The number of nitrogens with one attached hydrogen (secondary N) is 3. The summed E-state index contributed by atoms with van der Waals surface area (Å²) in [5.74, 6) is 0.438. The molecule has 0 saturated heterocycles. The van der Waals surface area contributed by atoms with Gasteiger partial charge in [0.25, 0.3) is 5.56 Å². The number of hydrogen-bond acceptors (Lipinski definition) is 5. The zero-order valence-electron chi connectivity index (χ0n) is 16.0. The summed E-state index contributed by atoms with van der Waals surface area (Å²) in [6.45, 7) is 9.31. The molecule has 0 fully saturated rings. The van der Waals surface area contributed by atoms with Crippen LogP contribution < -0.4 is 10.9 Å². The van der Waals surface area contributed by atoms with Gasteiger partial charge in [-0.25, -0.2) is 9.78 Å². The van der Waals surface area contributed by atoms with E-state index in [1.807, 2.05) is 38.4 Å². The van der Waals surface area contributed by atoms with E-state index in [1.165, 1.54) is 11.3 Å². The third kappa shape index (κ3) is 4.39. The lowest BCUT2D eigenvalue weighted by molar-refractivity contribution is 0.0486. The number of ether oxygens (including phenoxy) is 1. The Morgan fingerprint density at radius 1 is 1.33 bits per heavy atom. The largest absolute Gasteiger partial charge is 0.444 e. The molecular formula is C19H24N4O3S. The van der Waals surface area contributed by atoms with Crippen LogP contribution in [0, 0.1) is 5.92 Å². The van der Waals surface area contributed by atoms with Crippen LogP contribution >= 0.6 is 11.3 Å². The Morgan fingerprint density at radius 2 is 2.07 bits per heavy atom. The third-order valence-corrected chi connectivity index (χ3v) is 5.09. The zero-order chi connectivity index (χ0) is 19.8. The minimum absolute atomic E-state index is 0.0147. The van der Waals surface area contributed by atoms with Crippen LogP contribution in [0.25, 0.3) is 20.7 Å². The van der Waals surface area contributed by atoms with Crippen molar-refractivity contribution < 1.29 is 9.53 Å². The van der Waals surface area contributed by atoms with E-state index in [0.29, 0.717) is 16.0 Å². The van der Waals surface area contributed by atoms with Gasteiger partial charge in [-0.15, -0.1) is 11.3 Å². The Bertz CT molecular complexity index is 996. The van der Waals surface area contributed by atoms with Gasteiger partial charge in [-0.1, -0.05) is 13.8 Å². The highest BCUT2D eigenvalue weighted by atomic mass is 32.1. The van der Waals surface area contributed by atoms with Gasteiger partial charge in [-0.05, 0) is 38.8 Å². The molecule has 7 nitrogen and oxygen atoms in total. The highest BCUT2D eigenvalue weighted by molar-refractivity contribution is 7.22. The molecule has 0 aromatic carbocycles. The molecule has 0 unspecified atom stereocenters. The Hall–Kier alpha value is -2.61. The maximum atomic E-state index is 12.6. The minimum Gasteiger partial charge on any atom is -0.444 e. The summed E-state index contributed by atoms with van der Waals surface area (Å²) >= 11 is 1.39. The monoisotopic (exact) mass is 388 g/mol. The summed E-state index contributed by atoms with van der Waals surface area (Å²) in [5.41, 5.74) is 0.811. The maximum absolute atomic E-state index is 12.6. The number of fused-ring (bicyclic) bond motifs is 1. The molecule has 3 N–H and O–H groups in total. The van der Waals surface area contributed by atoms with Crippen LogP contribution in [0.15, 0.2) is 29.3 Å². The molecule has 3 heterocycles. The van der Waals surface area contributed by atoms with Gasteiger partial charge in [-0.2, -0.15) is 0 Å². The fourth-order valence-corrected chi connectivity index (χ4v) is 3.70. The van der Waals surface area contributed by atoms with Gasteiger partial charge < -0.3 is 20.0 Å². The SMILES string of the molecule is CC(C)[C@H](NC(=O)OC(C)(C)C)c1nc2cc(-c3cc[nH]c3)sc2c(=O)[nH]1. The van der Waals surface area contributed by atoms with E-state index in [4.69, 9.17) is 4.74 Å². The van der Waals surface area contributed by atoms with E-state index in [2.05, 4.69) is 20.3 Å². The van der Waals surface area contributed by atoms with Crippen molar-refractivity contribution in [3.63, 3.8) is 0 Å². The number of alkyl carbamates (subject to hydrolysis) is 1. The van der Waals surface area contributed by atoms with E-state index >= 15 is 0 Å². The second-order valence-corrected chi connectivity index (χ2v) is 8.80. The van der Waals surface area contributed by atoms with Gasteiger partial charge in [0.2, 0.25) is 0 Å². The number of thiophene rings is 1. The predicted octanol–water partition coefficient (Wildman–Crippen LogP) is 4.20. The molecule has 0 bridgehead atoms. The van der Waals surface area contributed by atoms with Crippen molar-refractivity contribution in [2.24, 2.45) is 5.92 Å². The van der Waals surface area contributed by atoms with Gasteiger partial charge in [0, 0.05) is 22.8 Å². The Morgan fingerprint density at radius 3 is 2.67 bits per heavy atom. The summed E-state index contributed by atoms with van der Waals surface area (Å²) in [6, 6.07) is 3.38. The molecule has 0 aliphatic heterocycles. The fourth-order valence-electron chi connectivity index (χ4n) is 2.71. The van der Waals surface area contributed by atoms with Crippen molar-refractivity contribution in [3.05, 3.63) is 40.7 Å². The van der Waals surface area contributed by atoms with Gasteiger partial charge in [0.05, 0.1) is 11.6 Å². The minimum atomic E-state index is -0.602. The number of rotatable bonds is 4. The molecule has 3 aromatic rings. The third-order valence-electron chi connectivity index (χ3n) is 3.92. The normalized spacial score (nSPS) is 13.1. The first kappa shape index (κ1) is 19.2. The van der Waals surface area contributed by atoms with Gasteiger partial charge in [-0.3, -0.25) is 4.79 Å². The molecule has 8 heteroatoms. The number of nitrogens with zero attached hydrogens (tertiary/aromatic N) is 1. The van der Waals surface area contributed by atoms with Gasteiger partial charge >= 0.3 is 6.09 Å². The topological polar surface area (TPSA) is 99.9 Å². The second kappa shape index (κ2) is 7.19. The average molecular weight is 388 g/mol. The summed E-state index contributed by atoms with van der Waals surface area (Å²) in [7, 11) is 0. The quantitative estimate of drug-likeness (QED) is 0.623. The van der Waals surface area contributed by atoms with E-state index in [0.717, 1.165) is 10.4 Å². The molecule has 0 aliphatic rings. The first-order valence-corrected chi connectivity index (χ1v) is 9.62. The van der Waals surface area contributed by atoms with Crippen molar-refractivity contribution in [1.82, 2.24) is 20.3 Å². The number of aromatic amines is 2. The average Bonchev–Trinajstić information content (AvgIpc) is 3.19. The lowest BCUT2D eigenvalue weighted by Gasteiger charge is -2.25.